The third-order valence-corrected chi connectivity index (χ3v) is 4.87. The lowest BCUT2D eigenvalue weighted by Gasteiger charge is -2.14. The molecule has 0 radical (unpaired) electrons. The standard InChI is InChI=1S/C17H10ClNO3S2/c18-12-6-4-10(5-7-12)8-14-15(20)19(17(23)24-14)13-3-1-2-11(9-13)16(21)22/h1-9H,(H,21,22)/b14-8-. The van der Waals surface area contributed by atoms with Gasteiger partial charge in [-0.25, -0.2) is 4.79 Å². The lowest BCUT2D eigenvalue weighted by Crippen LogP contribution is -2.27. The number of thiocarbonyl (C=S) groups is 1. The van der Waals surface area contributed by atoms with Crippen molar-refractivity contribution in [3.8, 4) is 0 Å². The van der Waals surface area contributed by atoms with E-state index in [4.69, 9.17) is 28.9 Å². The molecule has 1 aliphatic heterocycles. The minimum absolute atomic E-state index is 0.100. The summed E-state index contributed by atoms with van der Waals surface area (Å²) in [6.45, 7) is 0. The molecule has 7 heteroatoms. The maximum Gasteiger partial charge on any atom is 0.335 e. The SMILES string of the molecule is O=C(O)c1cccc(N2C(=O)/C(=C/c3ccc(Cl)cc3)SC2=S)c1. The minimum atomic E-state index is -1.06. The topological polar surface area (TPSA) is 57.6 Å². The molecular formula is C17H10ClNO3S2. The van der Waals surface area contributed by atoms with E-state index in [2.05, 4.69) is 0 Å². The highest BCUT2D eigenvalue weighted by atomic mass is 35.5. The van der Waals surface area contributed by atoms with Gasteiger partial charge in [-0.2, -0.15) is 0 Å². The lowest BCUT2D eigenvalue weighted by atomic mass is 10.2. The molecule has 3 rings (SSSR count). The van der Waals surface area contributed by atoms with E-state index in [0.29, 0.717) is 19.9 Å². The number of carbonyl (C=O) groups is 2. The normalized spacial score (nSPS) is 16.0. The van der Waals surface area contributed by atoms with Gasteiger partial charge in [-0.1, -0.05) is 53.8 Å². The maximum atomic E-state index is 12.6. The van der Waals surface area contributed by atoms with Gasteiger partial charge in [0.05, 0.1) is 16.2 Å². The van der Waals surface area contributed by atoms with E-state index >= 15 is 0 Å². The van der Waals surface area contributed by atoms with Crippen LogP contribution in [0.2, 0.25) is 5.02 Å². The summed E-state index contributed by atoms with van der Waals surface area (Å²) in [5.41, 5.74) is 1.37. The Kier molecular flexibility index (Phi) is 4.71. The Balaban J connectivity index is 1.93. The van der Waals surface area contributed by atoms with Crippen LogP contribution < -0.4 is 4.90 Å². The molecule has 4 nitrogen and oxygen atoms in total. The highest BCUT2D eigenvalue weighted by Gasteiger charge is 2.33. The van der Waals surface area contributed by atoms with Crippen LogP contribution in [0.5, 0.6) is 0 Å². The van der Waals surface area contributed by atoms with Crippen molar-refractivity contribution in [2.24, 2.45) is 0 Å². The molecule has 120 valence electrons. The zero-order valence-corrected chi connectivity index (χ0v) is 14.5. The summed E-state index contributed by atoms with van der Waals surface area (Å²) >= 11 is 12.3. The Morgan fingerprint density at radius 3 is 2.58 bits per heavy atom. The average molecular weight is 376 g/mol. The molecule has 0 aliphatic carbocycles. The monoisotopic (exact) mass is 375 g/mol. The highest BCUT2D eigenvalue weighted by Crippen LogP contribution is 2.36. The third-order valence-electron chi connectivity index (χ3n) is 3.31. The summed E-state index contributed by atoms with van der Waals surface area (Å²) in [5.74, 6) is -1.33. The van der Waals surface area contributed by atoms with Gasteiger partial charge in [0.1, 0.15) is 0 Å². The molecule has 24 heavy (non-hydrogen) atoms. The van der Waals surface area contributed by atoms with Gasteiger partial charge in [0.2, 0.25) is 0 Å². The van der Waals surface area contributed by atoms with Crippen molar-refractivity contribution in [2.45, 2.75) is 0 Å². The number of rotatable bonds is 3. The Morgan fingerprint density at radius 2 is 1.92 bits per heavy atom. The van der Waals surface area contributed by atoms with Gasteiger partial charge in [0.15, 0.2) is 4.32 Å². The Morgan fingerprint density at radius 1 is 1.21 bits per heavy atom. The molecule has 0 saturated carbocycles. The quantitative estimate of drug-likeness (QED) is 0.634. The second kappa shape index (κ2) is 6.76. The van der Waals surface area contributed by atoms with Crippen molar-refractivity contribution in [1.29, 1.82) is 0 Å². The second-order valence-corrected chi connectivity index (χ2v) is 7.04. The molecule has 2 aromatic rings. The van der Waals surface area contributed by atoms with Crippen LogP contribution >= 0.6 is 35.6 Å². The summed E-state index contributed by atoms with van der Waals surface area (Å²) in [7, 11) is 0. The number of thioether (sulfide) groups is 1. The van der Waals surface area contributed by atoms with Crippen LogP contribution in [0.15, 0.2) is 53.4 Å². The number of halogens is 1. The van der Waals surface area contributed by atoms with E-state index in [1.165, 1.54) is 28.8 Å². The maximum absolute atomic E-state index is 12.6. The van der Waals surface area contributed by atoms with Crippen LogP contribution in [0, 0.1) is 0 Å². The fourth-order valence-electron chi connectivity index (χ4n) is 2.18. The van der Waals surface area contributed by atoms with E-state index in [1.807, 2.05) is 0 Å². The highest BCUT2D eigenvalue weighted by molar-refractivity contribution is 8.27. The van der Waals surface area contributed by atoms with Crippen molar-refractivity contribution in [2.75, 3.05) is 4.90 Å². The van der Waals surface area contributed by atoms with Crippen LogP contribution in [0.3, 0.4) is 0 Å². The van der Waals surface area contributed by atoms with Crippen molar-refractivity contribution < 1.29 is 14.7 Å². The van der Waals surface area contributed by atoms with E-state index in [1.54, 1.807) is 42.5 Å². The largest absolute Gasteiger partial charge is 0.478 e. The molecule has 0 aromatic heterocycles. The second-order valence-electron chi connectivity index (χ2n) is 4.92. The number of aromatic carboxylic acids is 1. The molecule has 0 unspecified atom stereocenters. The predicted octanol–water partition coefficient (Wildman–Crippen LogP) is 4.44. The number of carboxylic acid groups (broad SMARTS) is 1. The lowest BCUT2D eigenvalue weighted by molar-refractivity contribution is -0.113. The summed E-state index contributed by atoms with van der Waals surface area (Å²) in [5, 5.41) is 9.71. The van der Waals surface area contributed by atoms with E-state index in [0.717, 1.165) is 5.56 Å². The summed E-state index contributed by atoms with van der Waals surface area (Å²) < 4.78 is 0.364. The van der Waals surface area contributed by atoms with E-state index < -0.39 is 5.97 Å². The molecule has 1 amide bonds. The number of hydrogen-bond donors (Lipinski definition) is 1. The van der Waals surface area contributed by atoms with Crippen molar-refractivity contribution in [3.05, 3.63) is 69.6 Å². The Hall–Kier alpha value is -2.15. The van der Waals surface area contributed by atoms with Gasteiger partial charge in [-0.05, 0) is 42.0 Å². The molecule has 0 atom stereocenters. The first kappa shape index (κ1) is 16.7. The molecule has 0 bridgehead atoms. The number of anilines is 1. The van der Waals surface area contributed by atoms with Gasteiger partial charge in [0, 0.05) is 5.02 Å². The zero-order valence-electron chi connectivity index (χ0n) is 12.1. The summed E-state index contributed by atoms with van der Waals surface area (Å²) in [4.78, 5) is 25.6. The molecule has 1 N–H and O–H groups in total. The minimum Gasteiger partial charge on any atom is -0.478 e. The first-order valence-corrected chi connectivity index (χ1v) is 8.43. The smallest absolute Gasteiger partial charge is 0.335 e. The van der Waals surface area contributed by atoms with Crippen LogP contribution in [-0.2, 0) is 4.79 Å². The van der Waals surface area contributed by atoms with Gasteiger partial charge >= 0.3 is 5.97 Å². The van der Waals surface area contributed by atoms with Crippen molar-refractivity contribution >= 4 is 63.5 Å². The first-order valence-electron chi connectivity index (χ1n) is 6.82. The average Bonchev–Trinajstić information content (AvgIpc) is 2.83. The fraction of sp³-hybridized carbons (Fsp3) is 0. The van der Waals surface area contributed by atoms with Crippen molar-refractivity contribution in [1.82, 2.24) is 0 Å². The van der Waals surface area contributed by atoms with Gasteiger partial charge in [-0.3, -0.25) is 9.69 Å². The number of amides is 1. The first-order chi connectivity index (χ1) is 11.5. The van der Waals surface area contributed by atoms with E-state index in [9.17, 15) is 9.59 Å². The number of benzene rings is 2. The molecule has 2 aromatic carbocycles. The van der Waals surface area contributed by atoms with Gasteiger partial charge < -0.3 is 5.11 Å². The number of nitrogens with zero attached hydrogens (tertiary/aromatic N) is 1. The Bertz CT molecular complexity index is 878. The van der Waals surface area contributed by atoms with E-state index in [-0.39, 0.29) is 11.5 Å². The van der Waals surface area contributed by atoms with Crippen LogP contribution in [-0.4, -0.2) is 21.3 Å². The fourth-order valence-corrected chi connectivity index (χ4v) is 3.60. The molecule has 1 fully saturated rings. The van der Waals surface area contributed by atoms with Gasteiger partial charge in [-0.15, -0.1) is 0 Å². The van der Waals surface area contributed by atoms with Gasteiger partial charge in [0.25, 0.3) is 5.91 Å². The van der Waals surface area contributed by atoms with Crippen molar-refractivity contribution in [3.63, 3.8) is 0 Å². The number of carboxylic acids is 1. The third kappa shape index (κ3) is 3.36. The van der Waals surface area contributed by atoms with Crippen LogP contribution in [0.25, 0.3) is 6.08 Å². The molecular weight excluding hydrogens is 366 g/mol. The van der Waals surface area contributed by atoms with Crippen LogP contribution in [0.4, 0.5) is 5.69 Å². The van der Waals surface area contributed by atoms with Crippen LogP contribution in [0.1, 0.15) is 15.9 Å². The molecule has 1 aliphatic rings. The number of carbonyl (C=O) groups excluding carboxylic acids is 1. The molecule has 0 spiro atoms. The summed E-state index contributed by atoms with van der Waals surface area (Å²) in [6, 6.07) is 13.2. The Labute approximate surface area is 152 Å². The molecule has 1 heterocycles. The predicted molar refractivity (Wildman–Crippen MR) is 101 cm³/mol. The zero-order chi connectivity index (χ0) is 17.3. The summed E-state index contributed by atoms with van der Waals surface area (Å²) in [6.07, 6.45) is 1.73. The molecule has 1 saturated heterocycles. The number of hydrogen-bond acceptors (Lipinski definition) is 4.